The molecule has 2 aliphatic heterocycles. The number of nitrogens with zero attached hydrogens (tertiary/aromatic N) is 2. The molecule has 1 aromatic heterocycles. The Morgan fingerprint density at radius 1 is 1.10 bits per heavy atom. The van der Waals surface area contributed by atoms with Crippen molar-refractivity contribution in [1.82, 2.24) is 4.31 Å². The van der Waals surface area contributed by atoms with Gasteiger partial charge in [0.05, 0.1) is 24.3 Å². The molecule has 1 aromatic carbocycles. The molecule has 2 aliphatic rings. The number of rotatable bonds is 6. The van der Waals surface area contributed by atoms with E-state index >= 15 is 0 Å². The molecule has 1 N–H and O–H groups in total. The Morgan fingerprint density at radius 3 is 2.59 bits per heavy atom. The van der Waals surface area contributed by atoms with Crippen LogP contribution >= 0.6 is 11.3 Å². The van der Waals surface area contributed by atoms with Gasteiger partial charge in [0.25, 0.3) is 10.0 Å². The lowest BCUT2D eigenvalue weighted by Gasteiger charge is -2.17. The highest BCUT2D eigenvalue weighted by Gasteiger charge is 2.29. The van der Waals surface area contributed by atoms with Crippen LogP contribution in [0, 0.1) is 0 Å². The normalized spacial score (nSPS) is 17.5. The second-order valence-electron chi connectivity index (χ2n) is 6.84. The van der Waals surface area contributed by atoms with Gasteiger partial charge < -0.3 is 10.1 Å². The van der Waals surface area contributed by atoms with E-state index in [4.69, 9.17) is 4.74 Å². The highest BCUT2D eigenvalue weighted by atomic mass is 32.2. The van der Waals surface area contributed by atoms with Gasteiger partial charge in [0.2, 0.25) is 5.91 Å². The Bertz CT molecular complexity index is 1030. The average Bonchev–Trinajstić information content (AvgIpc) is 3.44. The summed E-state index contributed by atoms with van der Waals surface area (Å²) in [5.74, 6) is -0.281. The lowest BCUT2D eigenvalue weighted by atomic mass is 10.2. The summed E-state index contributed by atoms with van der Waals surface area (Å²) in [6.07, 6.45) is 1.37. The maximum Gasteiger partial charge on any atom is 0.414 e. The standard InChI is InChI=1S/C19H21N3O5S2/c23-17(20-15-5-1-2-6-16(15)22-11-12-27-19(22)24)13-14-7-8-18(28-14)29(25,26)21-9-3-4-10-21/h1-2,5-8H,3-4,9-13H2,(H,20,23). The number of ether oxygens (including phenoxy) is 1. The predicted molar refractivity (Wildman–Crippen MR) is 110 cm³/mol. The molecule has 4 rings (SSSR count). The van der Waals surface area contributed by atoms with Crippen LogP contribution in [0.3, 0.4) is 0 Å². The first-order valence-electron chi connectivity index (χ1n) is 9.37. The molecule has 10 heteroatoms. The zero-order chi connectivity index (χ0) is 20.4. The maximum absolute atomic E-state index is 12.6. The van der Waals surface area contributed by atoms with Gasteiger partial charge >= 0.3 is 6.09 Å². The molecule has 2 fully saturated rings. The van der Waals surface area contributed by atoms with Crippen molar-refractivity contribution >= 4 is 44.7 Å². The summed E-state index contributed by atoms with van der Waals surface area (Å²) < 4.78 is 32.0. The van der Waals surface area contributed by atoms with Crippen LogP contribution in [0.25, 0.3) is 0 Å². The van der Waals surface area contributed by atoms with Crippen LogP contribution < -0.4 is 10.2 Å². The van der Waals surface area contributed by atoms with Crippen molar-refractivity contribution in [3.8, 4) is 0 Å². The Kier molecular flexibility index (Phi) is 5.57. The van der Waals surface area contributed by atoms with Crippen molar-refractivity contribution in [1.29, 1.82) is 0 Å². The molecule has 3 heterocycles. The van der Waals surface area contributed by atoms with Crippen molar-refractivity contribution < 1.29 is 22.7 Å². The molecule has 0 unspecified atom stereocenters. The lowest BCUT2D eigenvalue weighted by Crippen LogP contribution is -2.27. The van der Waals surface area contributed by atoms with Crippen molar-refractivity contribution in [2.45, 2.75) is 23.5 Å². The number of thiophene rings is 1. The van der Waals surface area contributed by atoms with Crippen molar-refractivity contribution in [2.75, 3.05) is 36.5 Å². The van der Waals surface area contributed by atoms with Gasteiger partial charge in [-0.05, 0) is 37.1 Å². The van der Waals surface area contributed by atoms with E-state index in [9.17, 15) is 18.0 Å². The number of hydrogen-bond donors (Lipinski definition) is 1. The van der Waals surface area contributed by atoms with Crippen LogP contribution in [0.4, 0.5) is 16.2 Å². The van der Waals surface area contributed by atoms with Gasteiger partial charge in [-0.2, -0.15) is 4.31 Å². The zero-order valence-corrected chi connectivity index (χ0v) is 17.3. The van der Waals surface area contributed by atoms with Crippen molar-refractivity contribution in [2.24, 2.45) is 0 Å². The molecule has 2 aromatic rings. The third kappa shape index (κ3) is 4.14. The fourth-order valence-corrected chi connectivity index (χ4v) is 6.45. The molecule has 154 valence electrons. The van der Waals surface area contributed by atoms with E-state index in [0.717, 1.165) is 24.2 Å². The third-order valence-corrected chi connectivity index (χ3v) is 8.31. The van der Waals surface area contributed by atoms with Gasteiger partial charge in [-0.15, -0.1) is 11.3 Å². The monoisotopic (exact) mass is 435 g/mol. The molecule has 29 heavy (non-hydrogen) atoms. The summed E-state index contributed by atoms with van der Waals surface area (Å²) in [7, 11) is -3.47. The summed E-state index contributed by atoms with van der Waals surface area (Å²) in [5.41, 5.74) is 1.09. The molecule has 0 saturated carbocycles. The summed E-state index contributed by atoms with van der Waals surface area (Å²) >= 11 is 1.12. The Morgan fingerprint density at radius 2 is 1.86 bits per heavy atom. The first-order chi connectivity index (χ1) is 13.9. The quantitative estimate of drug-likeness (QED) is 0.753. The highest BCUT2D eigenvalue weighted by Crippen LogP contribution is 2.30. The van der Waals surface area contributed by atoms with Crippen LogP contribution in [-0.4, -0.2) is 51.0 Å². The number of anilines is 2. The second kappa shape index (κ2) is 8.13. The zero-order valence-electron chi connectivity index (χ0n) is 15.7. The van der Waals surface area contributed by atoms with Gasteiger partial charge in [-0.3, -0.25) is 9.69 Å². The number of benzene rings is 1. The van der Waals surface area contributed by atoms with Crippen LogP contribution in [-0.2, 0) is 26.0 Å². The van der Waals surface area contributed by atoms with E-state index in [2.05, 4.69) is 5.32 Å². The average molecular weight is 436 g/mol. The molecular formula is C19H21N3O5S2. The Hall–Kier alpha value is -2.43. The van der Waals surface area contributed by atoms with Gasteiger partial charge in [-0.1, -0.05) is 12.1 Å². The third-order valence-electron chi connectivity index (χ3n) is 4.86. The number of cyclic esters (lactones) is 1. The molecule has 0 spiro atoms. The number of nitrogens with one attached hydrogen (secondary N) is 1. The molecule has 8 nitrogen and oxygen atoms in total. The largest absolute Gasteiger partial charge is 0.447 e. The summed E-state index contributed by atoms with van der Waals surface area (Å²) in [6, 6.07) is 10.3. The molecule has 0 bridgehead atoms. The minimum Gasteiger partial charge on any atom is -0.447 e. The highest BCUT2D eigenvalue weighted by molar-refractivity contribution is 7.91. The fourth-order valence-electron chi connectivity index (χ4n) is 3.43. The number of hydrogen-bond acceptors (Lipinski definition) is 6. The van der Waals surface area contributed by atoms with Gasteiger partial charge in [0.15, 0.2) is 0 Å². The van der Waals surface area contributed by atoms with E-state index in [1.165, 1.54) is 9.21 Å². The number of amides is 2. The summed E-state index contributed by atoms with van der Waals surface area (Å²) in [4.78, 5) is 26.5. The number of carbonyl (C=O) groups is 2. The first kappa shape index (κ1) is 19.9. The molecule has 2 amide bonds. The topological polar surface area (TPSA) is 96.0 Å². The lowest BCUT2D eigenvalue weighted by molar-refractivity contribution is -0.115. The minimum atomic E-state index is -3.47. The van der Waals surface area contributed by atoms with Crippen molar-refractivity contribution in [3.63, 3.8) is 0 Å². The number of para-hydroxylation sites is 2. The van der Waals surface area contributed by atoms with E-state index in [-0.39, 0.29) is 16.5 Å². The summed E-state index contributed by atoms with van der Waals surface area (Å²) in [6.45, 7) is 1.83. The van der Waals surface area contributed by atoms with Crippen LogP contribution in [0.5, 0.6) is 0 Å². The maximum atomic E-state index is 12.6. The van der Waals surface area contributed by atoms with Gasteiger partial charge in [-0.25, -0.2) is 13.2 Å². The van der Waals surface area contributed by atoms with E-state index in [0.29, 0.717) is 42.5 Å². The van der Waals surface area contributed by atoms with Gasteiger partial charge in [0.1, 0.15) is 10.8 Å². The van der Waals surface area contributed by atoms with Crippen LogP contribution in [0.15, 0.2) is 40.6 Å². The Balaban J connectivity index is 1.45. The SMILES string of the molecule is O=C(Cc1ccc(S(=O)(=O)N2CCCC2)s1)Nc1ccccc1N1CCOC1=O. The van der Waals surface area contributed by atoms with Crippen LogP contribution in [0.2, 0.25) is 0 Å². The van der Waals surface area contributed by atoms with Crippen LogP contribution in [0.1, 0.15) is 17.7 Å². The number of carbonyl (C=O) groups excluding carboxylic acids is 2. The van der Waals surface area contributed by atoms with E-state index in [1.54, 1.807) is 36.4 Å². The predicted octanol–water partition coefficient (Wildman–Crippen LogP) is 2.67. The second-order valence-corrected chi connectivity index (χ2v) is 10.2. The van der Waals surface area contributed by atoms with E-state index in [1.807, 2.05) is 0 Å². The first-order valence-corrected chi connectivity index (χ1v) is 11.6. The van der Waals surface area contributed by atoms with E-state index < -0.39 is 16.1 Å². The van der Waals surface area contributed by atoms with Crippen molar-refractivity contribution in [3.05, 3.63) is 41.3 Å². The molecule has 0 radical (unpaired) electrons. The molecular weight excluding hydrogens is 414 g/mol. The molecule has 0 atom stereocenters. The van der Waals surface area contributed by atoms with Gasteiger partial charge in [0, 0.05) is 18.0 Å². The minimum absolute atomic E-state index is 0.0545. The molecule has 0 aliphatic carbocycles. The Labute approximate surface area is 173 Å². The molecule has 2 saturated heterocycles. The fraction of sp³-hybridized carbons (Fsp3) is 0.368. The number of sulfonamides is 1. The summed E-state index contributed by atoms with van der Waals surface area (Å²) in [5, 5.41) is 2.82. The smallest absolute Gasteiger partial charge is 0.414 e.